The quantitative estimate of drug-likeness (QED) is 0.0694. The predicted molar refractivity (Wildman–Crippen MR) is 260 cm³/mol. The number of hydrogen-bond acceptors (Lipinski definition) is 8. The Morgan fingerprint density at radius 1 is 0.338 bits per heavy atom. The number of benzene rings is 4. The number of H-pyrrole nitrogens is 4. The minimum Gasteiger partial charge on any atom is -0.461 e. The van der Waals surface area contributed by atoms with Crippen molar-refractivity contribution in [3.63, 3.8) is 0 Å². The van der Waals surface area contributed by atoms with Crippen LogP contribution in [0.25, 0.3) is 44.5 Å². The van der Waals surface area contributed by atoms with Crippen LogP contribution in [0.2, 0.25) is 0 Å². The number of ether oxygens (including phenoxy) is 4. The highest BCUT2D eigenvalue weighted by Gasteiger charge is 2.35. The molecule has 0 amide bonds. The van der Waals surface area contributed by atoms with E-state index in [1.807, 2.05) is 121 Å². The van der Waals surface area contributed by atoms with Crippen LogP contribution in [0, 0.1) is 0 Å². The van der Waals surface area contributed by atoms with Crippen LogP contribution >= 0.6 is 0 Å². The summed E-state index contributed by atoms with van der Waals surface area (Å²) in [6, 6.07) is 38.7. The maximum absolute atomic E-state index is 14.2. The van der Waals surface area contributed by atoms with Gasteiger partial charge in [0, 0.05) is 70.7 Å². The molecule has 0 fully saturated rings. The van der Waals surface area contributed by atoms with Crippen LogP contribution in [0.1, 0.15) is 115 Å². The van der Waals surface area contributed by atoms with Gasteiger partial charge in [0.15, 0.2) is 0 Å². The highest BCUT2D eigenvalue weighted by molar-refractivity contribution is 6.01. The molecule has 1 aliphatic carbocycles. The van der Waals surface area contributed by atoms with E-state index in [1.54, 1.807) is 27.7 Å². The highest BCUT2D eigenvalue weighted by atomic mass is 16.5. The molecule has 0 bridgehead atoms. The number of aromatic amines is 4. The summed E-state index contributed by atoms with van der Waals surface area (Å²) < 4.78 is 23.0. The number of carbonyl (C=O) groups excluding carboxylic acids is 4. The average Bonchev–Trinajstić information content (AvgIpc) is 4.11. The lowest BCUT2D eigenvalue weighted by Crippen LogP contribution is -2.07. The molecule has 68 heavy (non-hydrogen) atoms. The lowest BCUT2D eigenvalue weighted by Gasteiger charge is -2.16. The second kappa shape index (κ2) is 19.8. The number of aromatic nitrogens is 4. The van der Waals surface area contributed by atoms with Crippen molar-refractivity contribution in [1.29, 1.82) is 0 Å². The molecule has 8 aromatic rings. The van der Waals surface area contributed by atoms with Crippen LogP contribution in [0.3, 0.4) is 0 Å². The van der Waals surface area contributed by atoms with E-state index in [9.17, 15) is 19.2 Å². The van der Waals surface area contributed by atoms with Crippen LogP contribution in [0.15, 0.2) is 121 Å². The Balaban J connectivity index is 1.43. The zero-order valence-corrected chi connectivity index (χ0v) is 38.5. The van der Waals surface area contributed by atoms with Crippen molar-refractivity contribution in [1.82, 2.24) is 19.9 Å². The second-order valence-corrected chi connectivity index (χ2v) is 16.4. The van der Waals surface area contributed by atoms with Gasteiger partial charge >= 0.3 is 23.9 Å². The summed E-state index contributed by atoms with van der Waals surface area (Å²) >= 11 is 0. The van der Waals surface area contributed by atoms with Crippen LogP contribution < -0.4 is 0 Å². The van der Waals surface area contributed by atoms with Gasteiger partial charge in [-0.2, -0.15) is 0 Å². The molecule has 0 saturated carbocycles. The summed E-state index contributed by atoms with van der Waals surface area (Å²) in [5, 5.41) is 0. The molecule has 0 spiro atoms. The second-order valence-electron chi connectivity index (χ2n) is 16.4. The summed E-state index contributed by atoms with van der Waals surface area (Å²) in [7, 11) is 0. The minimum absolute atomic E-state index is 0.152. The van der Waals surface area contributed by atoms with Crippen molar-refractivity contribution in [2.24, 2.45) is 0 Å². The Morgan fingerprint density at radius 2 is 0.529 bits per heavy atom. The summed E-state index contributed by atoms with van der Waals surface area (Å²) in [6.07, 6.45) is 0.839. The highest BCUT2D eigenvalue weighted by Crippen LogP contribution is 2.44. The van der Waals surface area contributed by atoms with Crippen LogP contribution in [-0.4, -0.2) is 70.2 Å². The molecule has 4 N–H and O–H groups in total. The predicted octanol–water partition coefficient (Wildman–Crippen LogP) is 11.1. The smallest absolute Gasteiger partial charge is 0.355 e. The van der Waals surface area contributed by atoms with Gasteiger partial charge in [0.05, 0.1) is 26.4 Å². The number of carbonyl (C=O) groups is 4. The molecule has 12 heteroatoms. The molecule has 9 rings (SSSR count). The van der Waals surface area contributed by atoms with Gasteiger partial charge in [-0.15, -0.1) is 0 Å². The van der Waals surface area contributed by atoms with E-state index >= 15 is 0 Å². The Hall–Kier alpha value is -8.12. The van der Waals surface area contributed by atoms with Gasteiger partial charge in [-0.3, -0.25) is 0 Å². The number of esters is 4. The van der Waals surface area contributed by atoms with Gasteiger partial charge in [0.1, 0.15) is 22.8 Å². The monoisotopic (exact) mass is 908 g/mol. The van der Waals surface area contributed by atoms with E-state index < -0.39 is 23.9 Å². The Kier molecular flexibility index (Phi) is 13.1. The molecule has 4 aromatic carbocycles. The van der Waals surface area contributed by atoms with Gasteiger partial charge in [-0.05, 0) is 72.2 Å². The number of fused-ring (bicyclic) bond motifs is 4. The van der Waals surface area contributed by atoms with Gasteiger partial charge in [-0.1, -0.05) is 121 Å². The SMILES string of the molecule is CCOC(=O)c1[nH]c2c(c1-c1ccccc1)Cc1[nH]c(C(=O)OCC)c(-c3ccccc3)c1Cc1[nH]c(C(=O)OCC)c(-c3ccccc3)c1Cc1[nH]c(C(=O)OCC)c(-c3ccccc3)c1C2. The lowest BCUT2D eigenvalue weighted by molar-refractivity contribution is 0.0511. The van der Waals surface area contributed by atoms with Crippen molar-refractivity contribution < 1.29 is 38.1 Å². The molecule has 0 radical (unpaired) electrons. The maximum Gasteiger partial charge on any atom is 0.355 e. The Bertz CT molecular complexity index is 2700. The van der Waals surface area contributed by atoms with Gasteiger partial charge in [0.25, 0.3) is 0 Å². The zero-order valence-electron chi connectivity index (χ0n) is 38.5. The lowest BCUT2D eigenvalue weighted by atomic mass is 9.87. The topological polar surface area (TPSA) is 168 Å². The first-order valence-electron chi connectivity index (χ1n) is 23.1. The zero-order chi connectivity index (χ0) is 47.3. The first-order valence-corrected chi connectivity index (χ1v) is 23.1. The van der Waals surface area contributed by atoms with Crippen molar-refractivity contribution in [2.75, 3.05) is 26.4 Å². The summed E-state index contributed by atoms with van der Waals surface area (Å²) in [5.74, 6) is -2.09. The largest absolute Gasteiger partial charge is 0.461 e. The third-order valence-electron chi connectivity index (χ3n) is 12.4. The molecule has 4 aromatic heterocycles. The average molecular weight is 909 g/mol. The fourth-order valence-corrected chi connectivity index (χ4v) is 9.57. The molecule has 12 nitrogen and oxygen atoms in total. The molecule has 1 aliphatic rings. The van der Waals surface area contributed by atoms with E-state index in [4.69, 9.17) is 18.9 Å². The van der Waals surface area contributed by atoms with Crippen LogP contribution in [0.5, 0.6) is 0 Å². The number of rotatable bonds is 12. The van der Waals surface area contributed by atoms with E-state index in [2.05, 4.69) is 19.9 Å². The van der Waals surface area contributed by atoms with Crippen LogP contribution in [0.4, 0.5) is 0 Å². The Morgan fingerprint density at radius 3 is 0.706 bits per heavy atom. The molecule has 0 unspecified atom stereocenters. The first kappa shape index (κ1) is 45.1. The molecule has 0 aliphatic heterocycles. The van der Waals surface area contributed by atoms with E-state index in [0.29, 0.717) is 45.0 Å². The van der Waals surface area contributed by atoms with Crippen LogP contribution in [-0.2, 0) is 44.6 Å². The third kappa shape index (κ3) is 8.56. The summed E-state index contributed by atoms with van der Waals surface area (Å²) in [4.78, 5) is 71.1. The van der Waals surface area contributed by atoms with Crippen molar-refractivity contribution in [3.8, 4) is 44.5 Å². The molecule has 0 atom stereocenters. The molecular weight excluding hydrogens is 857 g/mol. The van der Waals surface area contributed by atoms with E-state index in [-0.39, 0.29) is 74.9 Å². The van der Waals surface area contributed by atoms with Crippen molar-refractivity contribution in [2.45, 2.75) is 53.4 Å². The Labute approximate surface area is 394 Å². The van der Waals surface area contributed by atoms with E-state index in [1.165, 1.54) is 0 Å². The van der Waals surface area contributed by atoms with E-state index in [0.717, 1.165) is 44.5 Å². The van der Waals surface area contributed by atoms with Crippen molar-refractivity contribution >= 4 is 23.9 Å². The number of hydrogen-bond donors (Lipinski definition) is 4. The maximum atomic E-state index is 14.2. The summed E-state index contributed by atoms with van der Waals surface area (Å²) in [6.45, 7) is 7.70. The standard InChI is InChI=1S/C56H52N4O8/c1-5-65-53(61)49-45(33-21-13-9-14-22-33)37-29-42-39(47(35-25-17-11-18-26-35)51(58-42)55(63)67-7-3)31-44-40(48(36-27-19-12-20-28-36)52(60-44)56(64)68-8-4)32-43-38(30-41(37)57-49)46(34-23-15-10-16-24-34)50(59-43)54(62)66-6-2/h9-28,57-60H,5-8,29-32H2,1-4H3. The summed E-state index contributed by atoms with van der Waals surface area (Å²) in [5.41, 5.74) is 12.8. The minimum atomic E-state index is -0.522. The first-order chi connectivity index (χ1) is 33.2. The molecular formula is C56H52N4O8. The fourth-order valence-electron chi connectivity index (χ4n) is 9.57. The van der Waals surface area contributed by atoms with Gasteiger partial charge in [-0.25, -0.2) is 19.2 Å². The normalized spacial score (nSPS) is 12.1. The van der Waals surface area contributed by atoms with Gasteiger partial charge < -0.3 is 38.9 Å². The fraction of sp³-hybridized carbons (Fsp3) is 0.214. The molecule has 4 heterocycles. The third-order valence-corrected chi connectivity index (χ3v) is 12.4. The molecule has 344 valence electrons. The number of nitrogens with one attached hydrogen (secondary N) is 4. The molecule has 0 saturated heterocycles. The van der Waals surface area contributed by atoms with Gasteiger partial charge in [0.2, 0.25) is 0 Å². The van der Waals surface area contributed by atoms with Crippen molar-refractivity contribution in [3.05, 3.63) is 189 Å².